The van der Waals surface area contributed by atoms with Crippen molar-refractivity contribution in [3.8, 4) is 11.5 Å². The van der Waals surface area contributed by atoms with Crippen molar-refractivity contribution in [1.82, 2.24) is 10.2 Å². The van der Waals surface area contributed by atoms with Gasteiger partial charge in [0.2, 0.25) is 0 Å². The number of ether oxygens (including phenoxy) is 2. The Morgan fingerprint density at radius 1 is 1.23 bits per heavy atom. The van der Waals surface area contributed by atoms with E-state index < -0.39 is 0 Å². The first-order valence-electron chi connectivity index (χ1n) is 8.98. The molecule has 1 heterocycles. The predicted octanol–water partition coefficient (Wildman–Crippen LogP) is 3.27. The minimum absolute atomic E-state index is 0.427. The maximum Gasteiger partial charge on any atom is 0.193 e. The van der Waals surface area contributed by atoms with Crippen molar-refractivity contribution in [2.24, 2.45) is 4.99 Å². The summed E-state index contributed by atoms with van der Waals surface area (Å²) in [5.74, 6) is 3.20. The number of rotatable bonds is 5. The molecule has 0 aromatic heterocycles. The Morgan fingerprint density at radius 3 is 2.81 bits per heavy atom. The van der Waals surface area contributed by atoms with E-state index in [-0.39, 0.29) is 0 Å². The van der Waals surface area contributed by atoms with Crippen LogP contribution in [0.2, 0.25) is 0 Å². The van der Waals surface area contributed by atoms with E-state index in [2.05, 4.69) is 33.4 Å². The number of nitrogens with one attached hydrogen (secondary N) is 1. The highest BCUT2D eigenvalue weighted by atomic mass is 16.5. The summed E-state index contributed by atoms with van der Waals surface area (Å²) in [5, 5.41) is 3.52. The summed E-state index contributed by atoms with van der Waals surface area (Å²) < 4.78 is 11.2. The second-order valence-corrected chi connectivity index (χ2v) is 6.47. The summed E-state index contributed by atoms with van der Waals surface area (Å²) in [6.07, 6.45) is 1.01. The largest absolute Gasteiger partial charge is 0.496 e. The molecule has 1 aliphatic rings. The Labute approximate surface area is 155 Å². The molecular weight excluding hydrogens is 326 g/mol. The molecule has 0 fully saturated rings. The van der Waals surface area contributed by atoms with Gasteiger partial charge in [-0.25, -0.2) is 0 Å². The molecule has 0 saturated carbocycles. The van der Waals surface area contributed by atoms with Gasteiger partial charge in [-0.3, -0.25) is 4.99 Å². The van der Waals surface area contributed by atoms with Crippen LogP contribution >= 0.6 is 0 Å². The van der Waals surface area contributed by atoms with Crippen molar-refractivity contribution in [3.05, 3.63) is 59.7 Å². The molecule has 26 heavy (non-hydrogen) atoms. The van der Waals surface area contributed by atoms with Gasteiger partial charge < -0.3 is 19.7 Å². The van der Waals surface area contributed by atoms with Crippen LogP contribution in [-0.2, 0) is 6.54 Å². The smallest absolute Gasteiger partial charge is 0.193 e. The Morgan fingerprint density at radius 2 is 2.00 bits per heavy atom. The fourth-order valence-electron chi connectivity index (χ4n) is 3.39. The highest BCUT2D eigenvalue weighted by Crippen LogP contribution is 2.32. The topological polar surface area (TPSA) is 46.1 Å². The first-order chi connectivity index (χ1) is 12.7. The number of aliphatic imine (C=N–C) groups is 1. The Hall–Kier alpha value is -2.69. The predicted molar refractivity (Wildman–Crippen MR) is 105 cm³/mol. The Bertz CT molecular complexity index is 760. The van der Waals surface area contributed by atoms with Gasteiger partial charge in [0.05, 0.1) is 13.7 Å². The molecule has 2 aromatic rings. The standard InChI is InChI=1S/C21H27N3O2/c1-22-21(24(2)15-17-8-4-6-10-19(17)25-3)23-14-16-12-13-26-20-11-7-5-9-18(16)20/h4-11,16H,12-15H2,1-3H3,(H,22,23). The summed E-state index contributed by atoms with van der Waals surface area (Å²) in [6.45, 7) is 2.33. The van der Waals surface area contributed by atoms with Crippen molar-refractivity contribution in [2.75, 3.05) is 34.4 Å². The monoisotopic (exact) mass is 353 g/mol. The molecule has 0 amide bonds. The van der Waals surface area contributed by atoms with Gasteiger partial charge in [0.15, 0.2) is 5.96 Å². The maximum absolute atomic E-state index is 5.76. The summed E-state index contributed by atoms with van der Waals surface area (Å²) in [7, 11) is 5.56. The maximum atomic E-state index is 5.76. The van der Waals surface area contributed by atoms with Crippen molar-refractivity contribution >= 4 is 5.96 Å². The van der Waals surface area contributed by atoms with Gasteiger partial charge >= 0.3 is 0 Å². The Kier molecular flexibility index (Phi) is 6.00. The average Bonchev–Trinajstić information content (AvgIpc) is 2.69. The molecule has 5 heteroatoms. The number of benzene rings is 2. The van der Waals surface area contributed by atoms with Crippen LogP contribution in [0.3, 0.4) is 0 Å². The van der Waals surface area contributed by atoms with E-state index in [0.29, 0.717) is 5.92 Å². The summed E-state index contributed by atoms with van der Waals surface area (Å²) in [5.41, 5.74) is 2.41. The molecule has 0 bridgehead atoms. The molecule has 5 nitrogen and oxygen atoms in total. The third-order valence-electron chi connectivity index (χ3n) is 4.76. The fourth-order valence-corrected chi connectivity index (χ4v) is 3.39. The van der Waals surface area contributed by atoms with Gasteiger partial charge in [0.1, 0.15) is 11.5 Å². The van der Waals surface area contributed by atoms with E-state index in [0.717, 1.165) is 49.1 Å². The third kappa shape index (κ3) is 4.10. The number of nitrogens with zero attached hydrogens (tertiary/aromatic N) is 2. The fraction of sp³-hybridized carbons (Fsp3) is 0.381. The van der Waals surface area contributed by atoms with Crippen LogP contribution in [-0.4, -0.2) is 45.2 Å². The van der Waals surface area contributed by atoms with E-state index in [9.17, 15) is 0 Å². The van der Waals surface area contributed by atoms with Crippen molar-refractivity contribution in [1.29, 1.82) is 0 Å². The lowest BCUT2D eigenvalue weighted by atomic mass is 9.93. The van der Waals surface area contributed by atoms with Crippen molar-refractivity contribution < 1.29 is 9.47 Å². The van der Waals surface area contributed by atoms with Crippen LogP contribution in [0.4, 0.5) is 0 Å². The molecule has 1 unspecified atom stereocenters. The minimum Gasteiger partial charge on any atom is -0.496 e. The minimum atomic E-state index is 0.427. The number of guanidine groups is 1. The van der Waals surface area contributed by atoms with Gasteiger partial charge in [0.25, 0.3) is 0 Å². The second-order valence-electron chi connectivity index (χ2n) is 6.47. The van der Waals surface area contributed by atoms with Gasteiger partial charge in [0, 0.05) is 38.7 Å². The van der Waals surface area contributed by atoms with Crippen molar-refractivity contribution in [3.63, 3.8) is 0 Å². The van der Waals surface area contributed by atoms with Crippen molar-refractivity contribution in [2.45, 2.75) is 18.9 Å². The van der Waals surface area contributed by atoms with Gasteiger partial charge in [-0.2, -0.15) is 0 Å². The molecule has 2 aromatic carbocycles. The van der Waals surface area contributed by atoms with Crippen LogP contribution in [0, 0.1) is 0 Å². The highest BCUT2D eigenvalue weighted by molar-refractivity contribution is 5.79. The van der Waals surface area contributed by atoms with E-state index in [1.807, 2.05) is 44.4 Å². The zero-order valence-corrected chi connectivity index (χ0v) is 15.7. The zero-order valence-electron chi connectivity index (χ0n) is 15.7. The Balaban J connectivity index is 1.63. The number of para-hydroxylation sites is 2. The molecule has 0 saturated heterocycles. The third-order valence-corrected chi connectivity index (χ3v) is 4.76. The quantitative estimate of drug-likeness (QED) is 0.662. The van der Waals surface area contributed by atoms with Crippen LogP contribution < -0.4 is 14.8 Å². The zero-order chi connectivity index (χ0) is 18.4. The molecule has 0 aliphatic carbocycles. The normalized spacial score (nSPS) is 16.4. The summed E-state index contributed by atoms with van der Waals surface area (Å²) in [4.78, 5) is 6.55. The average molecular weight is 353 g/mol. The molecule has 0 radical (unpaired) electrons. The van der Waals surface area contributed by atoms with Gasteiger partial charge in [-0.15, -0.1) is 0 Å². The lowest BCUT2D eigenvalue weighted by Gasteiger charge is -2.28. The molecule has 1 N–H and O–H groups in total. The first kappa shape index (κ1) is 18.1. The van der Waals surface area contributed by atoms with Gasteiger partial charge in [-0.1, -0.05) is 36.4 Å². The number of hydrogen-bond donors (Lipinski definition) is 1. The molecular formula is C21H27N3O2. The van der Waals surface area contributed by atoms with E-state index in [1.54, 1.807) is 7.11 Å². The number of fused-ring (bicyclic) bond motifs is 1. The van der Waals surface area contributed by atoms with Crippen LogP contribution in [0.5, 0.6) is 11.5 Å². The van der Waals surface area contributed by atoms with Crippen LogP contribution in [0.15, 0.2) is 53.5 Å². The van der Waals surface area contributed by atoms with E-state index >= 15 is 0 Å². The van der Waals surface area contributed by atoms with Gasteiger partial charge in [-0.05, 0) is 24.1 Å². The summed E-state index contributed by atoms with van der Waals surface area (Å²) in [6, 6.07) is 16.4. The molecule has 1 atom stereocenters. The first-order valence-corrected chi connectivity index (χ1v) is 8.98. The summed E-state index contributed by atoms with van der Waals surface area (Å²) >= 11 is 0. The molecule has 138 valence electrons. The van der Waals surface area contributed by atoms with Crippen LogP contribution in [0.25, 0.3) is 0 Å². The van der Waals surface area contributed by atoms with Crippen LogP contribution in [0.1, 0.15) is 23.5 Å². The number of methoxy groups -OCH3 is 1. The molecule has 3 rings (SSSR count). The van der Waals surface area contributed by atoms with E-state index in [1.165, 1.54) is 5.56 Å². The number of hydrogen-bond acceptors (Lipinski definition) is 3. The highest BCUT2D eigenvalue weighted by Gasteiger charge is 2.21. The lowest BCUT2D eigenvalue weighted by molar-refractivity contribution is 0.266. The second kappa shape index (κ2) is 8.61. The SMILES string of the molecule is CN=C(NCC1CCOc2ccccc21)N(C)Cc1ccccc1OC. The molecule has 1 aliphatic heterocycles. The molecule has 0 spiro atoms. The lowest BCUT2D eigenvalue weighted by Crippen LogP contribution is -2.41. The van der Waals surface area contributed by atoms with E-state index in [4.69, 9.17) is 9.47 Å².